The smallest absolute Gasteiger partial charge is 0.0240 e. The summed E-state index contributed by atoms with van der Waals surface area (Å²) in [5.74, 6) is 1.69. The van der Waals surface area contributed by atoms with E-state index in [1.54, 1.807) is 0 Å². The highest BCUT2D eigenvalue weighted by atomic mass is 15.1. The molecule has 3 rings (SSSR count). The van der Waals surface area contributed by atoms with E-state index in [-0.39, 0.29) is 0 Å². The first-order chi connectivity index (χ1) is 7.36. The normalized spacial score (nSPS) is 29.1. The van der Waals surface area contributed by atoms with Gasteiger partial charge in [-0.3, -0.25) is 4.90 Å². The first-order valence-electron chi connectivity index (χ1n) is 5.86. The van der Waals surface area contributed by atoms with E-state index < -0.39 is 0 Å². The molecule has 15 heavy (non-hydrogen) atoms. The average molecular weight is 202 g/mol. The van der Waals surface area contributed by atoms with Crippen LogP contribution in [0.3, 0.4) is 0 Å². The van der Waals surface area contributed by atoms with Gasteiger partial charge in [0.2, 0.25) is 0 Å². The van der Waals surface area contributed by atoms with Gasteiger partial charge in [0, 0.05) is 19.6 Å². The minimum absolute atomic E-state index is 0.814. The molecule has 0 saturated heterocycles. The number of benzene rings is 1. The summed E-state index contributed by atoms with van der Waals surface area (Å²) in [5.41, 5.74) is 8.70. The Hall–Kier alpha value is -0.860. The van der Waals surface area contributed by atoms with Crippen molar-refractivity contribution in [2.75, 3.05) is 13.1 Å². The van der Waals surface area contributed by atoms with Crippen molar-refractivity contribution in [3.63, 3.8) is 0 Å². The molecule has 2 heteroatoms. The Kier molecular flexibility index (Phi) is 2.26. The molecule has 1 heterocycles. The molecule has 80 valence electrons. The zero-order chi connectivity index (χ0) is 10.3. The summed E-state index contributed by atoms with van der Waals surface area (Å²) in [6, 6.07) is 8.79. The van der Waals surface area contributed by atoms with Crippen molar-refractivity contribution in [2.45, 2.75) is 19.5 Å². The molecule has 1 aliphatic heterocycles. The maximum absolute atomic E-state index is 5.66. The predicted octanol–water partition coefficient (Wildman–Crippen LogP) is 1.60. The van der Waals surface area contributed by atoms with E-state index in [9.17, 15) is 0 Å². The van der Waals surface area contributed by atoms with Crippen LogP contribution in [0.4, 0.5) is 0 Å². The summed E-state index contributed by atoms with van der Waals surface area (Å²) in [7, 11) is 0. The number of hydrogen-bond donors (Lipinski definition) is 1. The Balaban J connectivity index is 1.60. The lowest BCUT2D eigenvalue weighted by atomic mass is 10.1. The van der Waals surface area contributed by atoms with Gasteiger partial charge in [-0.15, -0.1) is 0 Å². The molecule has 1 aliphatic carbocycles. The van der Waals surface area contributed by atoms with Gasteiger partial charge in [-0.1, -0.05) is 24.3 Å². The second-order valence-electron chi connectivity index (χ2n) is 4.93. The fraction of sp³-hybridized carbons (Fsp3) is 0.538. The number of nitrogens with zero attached hydrogens (tertiary/aromatic N) is 1. The summed E-state index contributed by atoms with van der Waals surface area (Å²) in [4.78, 5) is 2.56. The molecular formula is C13H18N2. The molecule has 2 unspecified atom stereocenters. The monoisotopic (exact) mass is 202 g/mol. The van der Waals surface area contributed by atoms with Crippen molar-refractivity contribution in [1.82, 2.24) is 4.90 Å². The van der Waals surface area contributed by atoms with Crippen molar-refractivity contribution < 1.29 is 0 Å². The maximum atomic E-state index is 5.66. The topological polar surface area (TPSA) is 29.3 Å². The highest BCUT2D eigenvalue weighted by molar-refractivity contribution is 5.30. The largest absolute Gasteiger partial charge is 0.330 e. The van der Waals surface area contributed by atoms with Crippen molar-refractivity contribution in [2.24, 2.45) is 17.6 Å². The molecule has 1 aromatic carbocycles. The Bertz CT molecular complexity index is 336. The predicted molar refractivity (Wildman–Crippen MR) is 61.2 cm³/mol. The third-order valence-electron chi connectivity index (χ3n) is 3.77. The Morgan fingerprint density at radius 2 is 1.80 bits per heavy atom. The van der Waals surface area contributed by atoms with Crippen molar-refractivity contribution in [3.05, 3.63) is 35.4 Å². The van der Waals surface area contributed by atoms with Gasteiger partial charge in [-0.25, -0.2) is 0 Å². The van der Waals surface area contributed by atoms with Crippen LogP contribution >= 0.6 is 0 Å². The molecule has 0 aromatic heterocycles. The highest BCUT2D eigenvalue weighted by Gasteiger charge is 2.37. The van der Waals surface area contributed by atoms with E-state index in [4.69, 9.17) is 5.73 Å². The van der Waals surface area contributed by atoms with Gasteiger partial charge in [-0.2, -0.15) is 0 Å². The van der Waals surface area contributed by atoms with E-state index in [0.717, 1.165) is 31.5 Å². The molecular weight excluding hydrogens is 184 g/mol. The molecule has 2 nitrogen and oxygen atoms in total. The minimum atomic E-state index is 0.814. The van der Waals surface area contributed by atoms with Crippen molar-refractivity contribution >= 4 is 0 Å². The number of rotatable bonds is 3. The zero-order valence-corrected chi connectivity index (χ0v) is 9.02. The van der Waals surface area contributed by atoms with Crippen molar-refractivity contribution in [1.29, 1.82) is 0 Å². The molecule has 2 N–H and O–H groups in total. The van der Waals surface area contributed by atoms with Gasteiger partial charge in [0.25, 0.3) is 0 Å². The van der Waals surface area contributed by atoms with Gasteiger partial charge in [0.05, 0.1) is 0 Å². The Labute approximate surface area is 91.1 Å². The fourth-order valence-corrected chi connectivity index (χ4v) is 2.69. The number of fused-ring (bicyclic) bond motifs is 1. The first-order valence-corrected chi connectivity index (χ1v) is 5.86. The van der Waals surface area contributed by atoms with E-state index in [2.05, 4.69) is 29.2 Å². The lowest BCUT2D eigenvalue weighted by Crippen LogP contribution is -2.20. The van der Waals surface area contributed by atoms with E-state index in [1.165, 1.54) is 24.1 Å². The van der Waals surface area contributed by atoms with Gasteiger partial charge in [-0.05, 0) is 35.9 Å². The van der Waals surface area contributed by atoms with E-state index in [1.807, 2.05) is 0 Å². The summed E-state index contributed by atoms with van der Waals surface area (Å²) >= 11 is 0. The van der Waals surface area contributed by atoms with Crippen LogP contribution in [0.15, 0.2) is 24.3 Å². The third-order valence-corrected chi connectivity index (χ3v) is 3.77. The van der Waals surface area contributed by atoms with Crippen LogP contribution in [0.5, 0.6) is 0 Å². The van der Waals surface area contributed by atoms with Crippen LogP contribution < -0.4 is 5.73 Å². The van der Waals surface area contributed by atoms with Crippen LogP contribution in [0.2, 0.25) is 0 Å². The molecule has 2 aliphatic rings. The number of nitrogens with two attached hydrogens (primary N) is 1. The SMILES string of the molecule is NCC1CC1CN1Cc2ccccc2C1. The fourth-order valence-electron chi connectivity index (χ4n) is 2.69. The highest BCUT2D eigenvalue weighted by Crippen LogP contribution is 2.39. The van der Waals surface area contributed by atoms with Crippen LogP contribution in [0, 0.1) is 11.8 Å². The van der Waals surface area contributed by atoms with E-state index >= 15 is 0 Å². The maximum Gasteiger partial charge on any atom is 0.0240 e. The quantitative estimate of drug-likeness (QED) is 0.806. The third kappa shape index (κ3) is 1.80. The summed E-state index contributed by atoms with van der Waals surface area (Å²) in [5, 5.41) is 0. The summed E-state index contributed by atoms with van der Waals surface area (Å²) in [6.45, 7) is 4.41. The van der Waals surface area contributed by atoms with Crippen LogP contribution in [-0.4, -0.2) is 18.0 Å². The van der Waals surface area contributed by atoms with Gasteiger partial charge >= 0.3 is 0 Å². The molecule has 1 saturated carbocycles. The molecule has 1 aromatic rings. The molecule has 0 spiro atoms. The van der Waals surface area contributed by atoms with Gasteiger partial charge in [0.15, 0.2) is 0 Å². The molecule has 0 radical (unpaired) electrons. The lowest BCUT2D eigenvalue weighted by molar-refractivity contribution is 0.267. The zero-order valence-electron chi connectivity index (χ0n) is 9.02. The standard InChI is InChI=1S/C13H18N2/c14-6-12-5-13(12)9-15-7-10-3-1-2-4-11(10)8-15/h1-4,12-13H,5-9,14H2. The molecule has 0 bridgehead atoms. The van der Waals surface area contributed by atoms with Gasteiger partial charge < -0.3 is 5.73 Å². The molecule has 2 atom stereocenters. The summed E-state index contributed by atoms with van der Waals surface area (Å²) < 4.78 is 0. The second-order valence-corrected chi connectivity index (χ2v) is 4.93. The average Bonchev–Trinajstić information content (AvgIpc) is 2.87. The Morgan fingerprint density at radius 1 is 1.13 bits per heavy atom. The first kappa shape index (κ1) is 9.37. The van der Waals surface area contributed by atoms with Crippen LogP contribution in [-0.2, 0) is 13.1 Å². The van der Waals surface area contributed by atoms with Gasteiger partial charge in [0.1, 0.15) is 0 Å². The van der Waals surface area contributed by atoms with Crippen LogP contribution in [0.1, 0.15) is 17.5 Å². The Morgan fingerprint density at radius 3 is 2.33 bits per heavy atom. The lowest BCUT2D eigenvalue weighted by Gasteiger charge is -2.14. The van der Waals surface area contributed by atoms with Crippen LogP contribution in [0.25, 0.3) is 0 Å². The minimum Gasteiger partial charge on any atom is -0.330 e. The molecule has 0 amide bonds. The second kappa shape index (κ2) is 3.62. The molecule has 1 fully saturated rings. The summed E-state index contributed by atoms with van der Waals surface area (Å²) in [6.07, 6.45) is 1.35. The number of hydrogen-bond acceptors (Lipinski definition) is 2. The van der Waals surface area contributed by atoms with Crippen molar-refractivity contribution in [3.8, 4) is 0 Å². The van der Waals surface area contributed by atoms with E-state index in [0.29, 0.717) is 0 Å².